The Balaban J connectivity index is 1.53. The highest BCUT2D eigenvalue weighted by molar-refractivity contribution is 7.91. The first-order valence-corrected chi connectivity index (χ1v) is 12.7. The monoisotopic (exact) mass is 495 g/mol. The van der Waals surface area contributed by atoms with Crippen LogP contribution in [0.3, 0.4) is 0 Å². The maximum Gasteiger partial charge on any atom is 0.250 e. The number of anilines is 1. The van der Waals surface area contributed by atoms with Crippen LogP contribution >= 0.6 is 22.9 Å². The molecule has 2 heterocycles. The summed E-state index contributed by atoms with van der Waals surface area (Å²) in [5.41, 5.74) is 0.952. The molecule has 1 saturated heterocycles. The maximum absolute atomic E-state index is 14.8. The second kappa shape index (κ2) is 8.72. The summed E-state index contributed by atoms with van der Waals surface area (Å²) in [4.78, 5) is 16.2. The Labute approximate surface area is 195 Å². The van der Waals surface area contributed by atoms with Crippen LogP contribution in [0.4, 0.5) is 10.1 Å². The van der Waals surface area contributed by atoms with Crippen LogP contribution < -0.4 is 9.62 Å². The highest BCUT2D eigenvalue weighted by Crippen LogP contribution is 2.32. The Kier molecular flexibility index (Phi) is 6.30. The Bertz CT molecular complexity index is 1290. The molecule has 0 saturated carbocycles. The van der Waals surface area contributed by atoms with Crippen LogP contribution in [0.25, 0.3) is 10.1 Å². The van der Waals surface area contributed by atoms with Gasteiger partial charge in [0, 0.05) is 22.3 Å². The molecule has 0 aliphatic carbocycles. The zero-order valence-electron chi connectivity index (χ0n) is 17.8. The third-order valence-electron chi connectivity index (χ3n) is 5.75. The summed E-state index contributed by atoms with van der Waals surface area (Å²) in [6.07, 6.45) is 0.254. The number of halogens is 2. The second-order valence-corrected chi connectivity index (χ2v) is 11.5. The van der Waals surface area contributed by atoms with E-state index in [0.717, 1.165) is 27.0 Å². The molecule has 2 unspecified atom stereocenters. The predicted octanol–water partition coefficient (Wildman–Crippen LogP) is 4.40. The van der Waals surface area contributed by atoms with Crippen molar-refractivity contribution in [2.45, 2.75) is 29.6 Å². The number of carbonyl (C=O) groups is 1. The highest BCUT2D eigenvalue weighted by Gasteiger charge is 2.37. The van der Waals surface area contributed by atoms with Crippen molar-refractivity contribution in [1.82, 2.24) is 9.62 Å². The van der Waals surface area contributed by atoms with Crippen molar-refractivity contribution in [3.8, 4) is 0 Å². The first-order chi connectivity index (χ1) is 15.1. The van der Waals surface area contributed by atoms with Gasteiger partial charge in [-0.15, -0.1) is 11.3 Å². The summed E-state index contributed by atoms with van der Waals surface area (Å²) < 4.78 is 44.0. The molecule has 1 fully saturated rings. The van der Waals surface area contributed by atoms with Gasteiger partial charge in [0.1, 0.15) is 16.1 Å². The Morgan fingerprint density at radius 1 is 1.22 bits per heavy atom. The molecule has 1 aliphatic rings. The molecule has 32 heavy (non-hydrogen) atoms. The third-order valence-corrected chi connectivity index (χ3v) is 9.03. The normalized spacial score (nSPS) is 18.1. The second-order valence-electron chi connectivity index (χ2n) is 8.05. The third kappa shape index (κ3) is 4.40. The number of hydrogen-bond donors (Lipinski definition) is 1. The van der Waals surface area contributed by atoms with Crippen molar-refractivity contribution in [1.29, 1.82) is 0 Å². The predicted molar refractivity (Wildman–Crippen MR) is 126 cm³/mol. The lowest BCUT2D eigenvalue weighted by molar-refractivity contribution is -0.118. The molecule has 10 heteroatoms. The van der Waals surface area contributed by atoms with E-state index in [1.807, 2.05) is 25.9 Å². The summed E-state index contributed by atoms with van der Waals surface area (Å²) >= 11 is 7.07. The smallest absolute Gasteiger partial charge is 0.250 e. The lowest BCUT2D eigenvalue weighted by Crippen LogP contribution is -2.41. The fraction of sp³-hybridized carbons (Fsp3) is 0.318. The molecule has 1 aromatic heterocycles. The number of benzene rings is 2. The zero-order valence-corrected chi connectivity index (χ0v) is 20.2. The number of fused-ring (bicyclic) bond motifs is 1. The van der Waals surface area contributed by atoms with Crippen LogP contribution in [0, 0.1) is 5.82 Å². The Hall–Kier alpha value is -2.04. The number of rotatable bonds is 6. The van der Waals surface area contributed by atoms with Crippen molar-refractivity contribution in [3.63, 3.8) is 0 Å². The molecular formula is C22H23ClFN3O3S2. The molecule has 6 nitrogen and oxygen atoms in total. The van der Waals surface area contributed by atoms with Gasteiger partial charge in [-0.05, 0) is 68.7 Å². The van der Waals surface area contributed by atoms with Gasteiger partial charge in [0.05, 0.1) is 5.69 Å². The van der Waals surface area contributed by atoms with Gasteiger partial charge >= 0.3 is 0 Å². The van der Waals surface area contributed by atoms with Crippen molar-refractivity contribution in [2.75, 3.05) is 25.5 Å². The Morgan fingerprint density at radius 3 is 2.66 bits per heavy atom. The molecule has 2 atom stereocenters. The number of carbonyl (C=O) groups excluding carboxylic acids is 1. The van der Waals surface area contributed by atoms with E-state index in [1.54, 1.807) is 36.4 Å². The molecule has 0 bridgehead atoms. The van der Waals surface area contributed by atoms with Crippen molar-refractivity contribution in [3.05, 3.63) is 58.9 Å². The number of thiophene rings is 1. The van der Waals surface area contributed by atoms with Crippen molar-refractivity contribution < 1.29 is 17.6 Å². The van der Waals surface area contributed by atoms with E-state index in [-0.39, 0.29) is 28.9 Å². The van der Waals surface area contributed by atoms with Gasteiger partial charge in [0.2, 0.25) is 5.91 Å². The molecule has 1 aliphatic heterocycles. The molecule has 4 rings (SSSR count). The Morgan fingerprint density at radius 2 is 1.97 bits per heavy atom. The van der Waals surface area contributed by atoms with Gasteiger partial charge in [0.25, 0.3) is 10.0 Å². The number of amides is 1. The number of nitrogens with zero attached hydrogens (tertiary/aromatic N) is 2. The highest BCUT2D eigenvalue weighted by atomic mass is 35.5. The van der Waals surface area contributed by atoms with E-state index in [1.165, 1.54) is 11.0 Å². The lowest BCUT2D eigenvalue weighted by atomic mass is 10.1. The molecule has 170 valence electrons. The summed E-state index contributed by atoms with van der Waals surface area (Å²) in [5, 5.41) is 1.28. The van der Waals surface area contributed by atoms with Crippen LogP contribution in [0.5, 0.6) is 0 Å². The summed E-state index contributed by atoms with van der Waals surface area (Å²) in [6, 6.07) is 10.6. The fourth-order valence-corrected chi connectivity index (χ4v) is 6.60. The molecule has 2 aromatic carbocycles. The fourth-order valence-electron chi connectivity index (χ4n) is 3.69. The van der Waals surface area contributed by atoms with Gasteiger partial charge in [-0.3, -0.25) is 4.79 Å². The molecule has 3 aromatic rings. The maximum atomic E-state index is 14.8. The molecule has 0 spiro atoms. The number of hydrogen-bond acceptors (Lipinski definition) is 5. The standard InChI is InChI=1S/C22H23ClFN3O3S2/c1-13(26(2)3)14-5-7-19(17(24)10-14)27-9-8-18(22(27)28)25-32(29,30)21-11-15-4-6-16(23)12-20(15)31-21/h4-7,10-13,18,25H,8-9H2,1-3H3. The van der Waals surface area contributed by atoms with Crippen LogP contribution in [-0.4, -0.2) is 45.9 Å². The van der Waals surface area contributed by atoms with E-state index in [4.69, 9.17) is 11.6 Å². The van der Waals surface area contributed by atoms with E-state index < -0.39 is 27.8 Å². The van der Waals surface area contributed by atoms with Crippen LogP contribution in [0.2, 0.25) is 5.02 Å². The van der Waals surface area contributed by atoms with Crippen molar-refractivity contribution >= 4 is 54.6 Å². The van der Waals surface area contributed by atoms with Gasteiger partial charge in [0.15, 0.2) is 0 Å². The first-order valence-electron chi connectivity index (χ1n) is 10.1. The summed E-state index contributed by atoms with van der Waals surface area (Å²) in [7, 11) is -0.106. The minimum Gasteiger partial charge on any atom is -0.308 e. The number of sulfonamides is 1. The summed E-state index contributed by atoms with van der Waals surface area (Å²) in [6.45, 7) is 2.19. The van der Waals surface area contributed by atoms with E-state index in [0.29, 0.717) is 5.02 Å². The van der Waals surface area contributed by atoms with Gasteiger partial charge in [-0.2, -0.15) is 4.72 Å². The average Bonchev–Trinajstić information content (AvgIpc) is 3.31. The van der Waals surface area contributed by atoms with Gasteiger partial charge in [-0.25, -0.2) is 12.8 Å². The van der Waals surface area contributed by atoms with Crippen molar-refractivity contribution in [2.24, 2.45) is 0 Å². The summed E-state index contributed by atoms with van der Waals surface area (Å²) in [5.74, 6) is -0.973. The van der Waals surface area contributed by atoms with Crippen LogP contribution in [0.15, 0.2) is 46.7 Å². The average molecular weight is 496 g/mol. The van der Waals surface area contributed by atoms with E-state index >= 15 is 0 Å². The molecular weight excluding hydrogens is 473 g/mol. The van der Waals surface area contributed by atoms with E-state index in [2.05, 4.69) is 4.72 Å². The molecule has 0 radical (unpaired) electrons. The molecule has 1 N–H and O–H groups in total. The first kappa shape index (κ1) is 23.1. The minimum atomic E-state index is -3.92. The van der Waals surface area contributed by atoms with Crippen LogP contribution in [-0.2, 0) is 14.8 Å². The molecule has 1 amide bonds. The largest absolute Gasteiger partial charge is 0.308 e. The minimum absolute atomic E-state index is 0.0172. The number of nitrogens with one attached hydrogen (secondary N) is 1. The zero-order chi connectivity index (χ0) is 23.2. The van der Waals surface area contributed by atoms with E-state index in [9.17, 15) is 17.6 Å². The van der Waals surface area contributed by atoms with Gasteiger partial charge < -0.3 is 9.80 Å². The SMILES string of the molecule is CC(c1ccc(N2CCC(NS(=O)(=O)c3cc4ccc(Cl)cc4s3)C2=O)c(F)c1)N(C)C. The van der Waals surface area contributed by atoms with Gasteiger partial charge in [-0.1, -0.05) is 23.7 Å². The van der Waals surface area contributed by atoms with Crippen LogP contribution in [0.1, 0.15) is 24.9 Å². The topological polar surface area (TPSA) is 69.7 Å². The quantitative estimate of drug-likeness (QED) is 0.550. The lowest BCUT2D eigenvalue weighted by Gasteiger charge is -2.22.